The molecule has 4 heteroatoms. The molecule has 0 fully saturated rings. The maximum absolute atomic E-state index is 11.1. The molecular weight excluding hydrogens is 254 g/mol. The van der Waals surface area contributed by atoms with Crippen molar-refractivity contribution in [2.24, 2.45) is 0 Å². The number of aromatic nitrogens is 1. The average molecular weight is 271 g/mol. The minimum Gasteiger partial charge on any atom is -0.477 e. The van der Waals surface area contributed by atoms with Crippen molar-refractivity contribution < 1.29 is 14.6 Å². The highest BCUT2D eigenvalue weighted by atomic mass is 16.5. The van der Waals surface area contributed by atoms with Crippen LogP contribution in [0.15, 0.2) is 36.7 Å². The van der Waals surface area contributed by atoms with Gasteiger partial charge in [-0.3, -0.25) is 4.98 Å². The van der Waals surface area contributed by atoms with E-state index in [1.54, 1.807) is 6.07 Å². The van der Waals surface area contributed by atoms with E-state index >= 15 is 0 Å². The first-order chi connectivity index (χ1) is 9.49. The standard InChI is InChI=1S/C16H17NO3/c1-10(2)13-5-4-12(8-11(13)3)20-15-6-7-17-9-14(15)16(18)19/h4-10H,1-3H3,(H,18,19). The fraction of sp³-hybridized carbons (Fsp3) is 0.250. The lowest BCUT2D eigenvalue weighted by atomic mass is 9.98. The third-order valence-corrected chi connectivity index (χ3v) is 3.10. The van der Waals surface area contributed by atoms with Crippen molar-refractivity contribution in [2.45, 2.75) is 26.7 Å². The van der Waals surface area contributed by atoms with E-state index in [4.69, 9.17) is 9.84 Å². The fourth-order valence-corrected chi connectivity index (χ4v) is 2.12. The third kappa shape index (κ3) is 2.96. The van der Waals surface area contributed by atoms with Gasteiger partial charge in [-0.1, -0.05) is 19.9 Å². The lowest BCUT2D eigenvalue weighted by molar-refractivity contribution is 0.0693. The Hall–Kier alpha value is -2.36. The van der Waals surface area contributed by atoms with Crippen LogP contribution in [0.2, 0.25) is 0 Å². The van der Waals surface area contributed by atoms with E-state index in [1.807, 2.05) is 25.1 Å². The number of rotatable bonds is 4. The molecule has 4 nitrogen and oxygen atoms in total. The predicted octanol–water partition coefficient (Wildman–Crippen LogP) is 4.00. The number of hydrogen-bond acceptors (Lipinski definition) is 3. The van der Waals surface area contributed by atoms with Gasteiger partial charge in [0.05, 0.1) is 0 Å². The molecule has 0 aliphatic rings. The van der Waals surface area contributed by atoms with E-state index in [1.165, 1.54) is 18.0 Å². The number of carboxylic acids is 1. The average Bonchev–Trinajstić information content (AvgIpc) is 2.38. The van der Waals surface area contributed by atoms with Crippen molar-refractivity contribution in [3.63, 3.8) is 0 Å². The van der Waals surface area contributed by atoms with Crippen LogP contribution in [0.1, 0.15) is 41.3 Å². The summed E-state index contributed by atoms with van der Waals surface area (Å²) in [5.41, 5.74) is 2.44. The SMILES string of the molecule is Cc1cc(Oc2ccncc2C(=O)O)ccc1C(C)C. The van der Waals surface area contributed by atoms with E-state index in [-0.39, 0.29) is 5.56 Å². The lowest BCUT2D eigenvalue weighted by Crippen LogP contribution is -2.01. The van der Waals surface area contributed by atoms with Crippen LogP contribution in [0, 0.1) is 6.92 Å². The Morgan fingerprint density at radius 1 is 1.30 bits per heavy atom. The van der Waals surface area contributed by atoms with Crippen LogP contribution < -0.4 is 4.74 Å². The Balaban J connectivity index is 2.31. The molecule has 104 valence electrons. The van der Waals surface area contributed by atoms with Crippen LogP contribution in [0.4, 0.5) is 0 Å². The summed E-state index contributed by atoms with van der Waals surface area (Å²) in [6.45, 7) is 6.29. The second-order valence-electron chi connectivity index (χ2n) is 4.95. The topological polar surface area (TPSA) is 59.4 Å². The molecule has 0 atom stereocenters. The number of pyridine rings is 1. The van der Waals surface area contributed by atoms with E-state index in [0.717, 1.165) is 5.56 Å². The van der Waals surface area contributed by atoms with E-state index in [2.05, 4.69) is 18.8 Å². The summed E-state index contributed by atoms with van der Waals surface area (Å²) in [4.78, 5) is 14.9. The summed E-state index contributed by atoms with van der Waals surface area (Å²) in [7, 11) is 0. The molecule has 2 aromatic rings. The van der Waals surface area contributed by atoms with Crippen molar-refractivity contribution >= 4 is 5.97 Å². The number of hydrogen-bond donors (Lipinski definition) is 1. The van der Waals surface area contributed by atoms with Gasteiger partial charge in [0.15, 0.2) is 0 Å². The van der Waals surface area contributed by atoms with Crippen LogP contribution in [-0.4, -0.2) is 16.1 Å². The number of aryl methyl sites for hydroxylation is 1. The monoisotopic (exact) mass is 271 g/mol. The van der Waals surface area contributed by atoms with Gasteiger partial charge < -0.3 is 9.84 Å². The van der Waals surface area contributed by atoms with Crippen molar-refractivity contribution in [3.05, 3.63) is 53.3 Å². The van der Waals surface area contributed by atoms with Crippen LogP contribution >= 0.6 is 0 Å². The van der Waals surface area contributed by atoms with Gasteiger partial charge in [0, 0.05) is 18.5 Å². The van der Waals surface area contributed by atoms with Gasteiger partial charge in [-0.15, -0.1) is 0 Å². The molecule has 0 bridgehead atoms. The quantitative estimate of drug-likeness (QED) is 0.912. The number of benzene rings is 1. The second kappa shape index (κ2) is 5.74. The molecule has 1 N–H and O–H groups in total. The fourth-order valence-electron chi connectivity index (χ4n) is 2.12. The zero-order chi connectivity index (χ0) is 14.7. The Bertz CT molecular complexity index is 635. The Morgan fingerprint density at radius 3 is 2.65 bits per heavy atom. The van der Waals surface area contributed by atoms with Crippen LogP contribution in [0.5, 0.6) is 11.5 Å². The molecule has 1 aromatic carbocycles. The third-order valence-electron chi connectivity index (χ3n) is 3.10. The molecule has 0 aliphatic heterocycles. The first-order valence-corrected chi connectivity index (χ1v) is 6.44. The number of carboxylic acid groups (broad SMARTS) is 1. The van der Waals surface area contributed by atoms with Gasteiger partial charge in [0.1, 0.15) is 17.1 Å². The van der Waals surface area contributed by atoms with E-state index < -0.39 is 5.97 Å². The van der Waals surface area contributed by atoms with E-state index in [0.29, 0.717) is 17.4 Å². The van der Waals surface area contributed by atoms with Gasteiger partial charge in [-0.25, -0.2) is 4.79 Å². The lowest BCUT2D eigenvalue weighted by Gasteiger charge is -2.13. The highest BCUT2D eigenvalue weighted by Gasteiger charge is 2.12. The Labute approximate surface area is 118 Å². The molecule has 0 aliphatic carbocycles. The molecular formula is C16H17NO3. The van der Waals surface area contributed by atoms with Crippen molar-refractivity contribution in [2.75, 3.05) is 0 Å². The van der Waals surface area contributed by atoms with Gasteiger partial charge in [-0.05, 0) is 36.1 Å². The van der Waals surface area contributed by atoms with Gasteiger partial charge in [-0.2, -0.15) is 0 Å². The van der Waals surface area contributed by atoms with Gasteiger partial charge >= 0.3 is 5.97 Å². The molecule has 0 radical (unpaired) electrons. The predicted molar refractivity (Wildman–Crippen MR) is 76.5 cm³/mol. The summed E-state index contributed by atoms with van der Waals surface area (Å²) in [5, 5.41) is 9.10. The van der Waals surface area contributed by atoms with Gasteiger partial charge in [0.25, 0.3) is 0 Å². The molecule has 1 aromatic heterocycles. The Kier molecular flexibility index (Phi) is 4.03. The van der Waals surface area contributed by atoms with Crippen molar-refractivity contribution in [1.82, 2.24) is 4.98 Å². The maximum Gasteiger partial charge on any atom is 0.341 e. The first kappa shape index (κ1) is 14.1. The molecule has 2 rings (SSSR count). The molecule has 1 heterocycles. The maximum atomic E-state index is 11.1. The van der Waals surface area contributed by atoms with Gasteiger partial charge in [0.2, 0.25) is 0 Å². The van der Waals surface area contributed by atoms with Crippen molar-refractivity contribution in [3.8, 4) is 11.5 Å². The summed E-state index contributed by atoms with van der Waals surface area (Å²) in [5.74, 6) is 0.313. The molecule has 20 heavy (non-hydrogen) atoms. The summed E-state index contributed by atoms with van der Waals surface area (Å²) in [6, 6.07) is 7.34. The number of carbonyl (C=O) groups is 1. The number of nitrogens with zero attached hydrogens (tertiary/aromatic N) is 1. The second-order valence-corrected chi connectivity index (χ2v) is 4.95. The number of aromatic carboxylic acids is 1. The minimum atomic E-state index is -1.05. The summed E-state index contributed by atoms with van der Waals surface area (Å²) < 4.78 is 5.67. The zero-order valence-electron chi connectivity index (χ0n) is 11.8. The Morgan fingerprint density at radius 2 is 2.05 bits per heavy atom. The van der Waals surface area contributed by atoms with Crippen LogP contribution in [0.3, 0.4) is 0 Å². The molecule has 0 amide bonds. The highest BCUT2D eigenvalue weighted by Crippen LogP contribution is 2.28. The first-order valence-electron chi connectivity index (χ1n) is 6.44. The van der Waals surface area contributed by atoms with Crippen molar-refractivity contribution in [1.29, 1.82) is 0 Å². The zero-order valence-corrected chi connectivity index (χ0v) is 11.8. The summed E-state index contributed by atoms with van der Waals surface area (Å²) in [6.07, 6.45) is 2.80. The molecule has 0 unspecified atom stereocenters. The van der Waals surface area contributed by atoms with Crippen LogP contribution in [-0.2, 0) is 0 Å². The molecule has 0 spiro atoms. The number of ether oxygens (including phenoxy) is 1. The normalized spacial score (nSPS) is 10.6. The molecule has 0 saturated heterocycles. The molecule has 0 saturated carbocycles. The summed E-state index contributed by atoms with van der Waals surface area (Å²) >= 11 is 0. The minimum absolute atomic E-state index is 0.0538. The van der Waals surface area contributed by atoms with E-state index in [9.17, 15) is 4.79 Å². The smallest absolute Gasteiger partial charge is 0.341 e. The van der Waals surface area contributed by atoms with Crippen LogP contribution in [0.25, 0.3) is 0 Å². The highest BCUT2D eigenvalue weighted by molar-refractivity contribution is 5.90. The largest absolute Gasteiger partial charge is 0.477 e.